The summed E-state index contributed by atoms with van der Waals surface area (Å²) >= 11 is 0. The highest BCUT2D eigenvalue weighted by Gasteiger charge is 2.33. The molecule has 17 heavy (non-hydrogen) atoms. The molecule has 0 bridgehead atoms. The predicted octanol–water partition coefficient (Wildman–Crippen LogP) is 0.484. The Kier molecular flexibility index (Phi) is 4.60. The molecule has 1 unspecified atom stereocenters. The van der Waals surface area contributed by atoms with Gasteiger partial charge in [-0.05, 0) is 25.5 Å². The molecule has 0 aromatic carbocycles. The number of pyridine rings is 1. The van der Waals surface area contributed by atoms with Gasteiger partial charge in [-0.1, -0.05) is 6.07 Å². The number of aromatic nitrogens is 1. The zero-order chi connectivity index (χ0) is 12.9. The van der Waals surface area contributed by atoms with Crippen LogP contribution in [-0.4, -0.2) is 34.8 Å². The van der Waals surface area contributed by atoms with Crippen LogP contribution in [0.2, 0.25) is 0 Å². The molecule has 0 spiro atoms. The summed E-state index contributed by atoms with van der Waals surface area (Å²) in [5, 5.41) is 12.9. The Morgan fingerprint density at radius 3 is 2.88 bits per heavy atom. The van der Waals surface area contributed by atoms with Crippen molar-refractivity contribution in [3.8, 4) is 0 Å². The number of aliphatic hydroxyl groups is 1. The molecule has 0 amide bonds. The third-order valence-corrected chi connectivity index (χ3v) is 2.58. The molecule has 0 radical (unpaired) electrons. The number of hydrogen-bond acceptors (Lipinski definition) is 5. The van der Waals surface area contributed by atoms with E-state index in [-0.39, 0.29) is 0 Å². The highest BCUT2D eigenvalue weighted by atomic mass is 16.5. The molecular formula is C12H18N2O3. The van der Waals surface area contributed by atoms with Gasteiger partial charge < -0.3 is 15.2 Å². The van der Waals surface area contributed by atoms with Crippen molar-refractivity contribution in [2.75, 3.05) is 7.11 Å². The van der Waals surface area contributed by atoms with E-state index in [4.69, 9.17) is 0 Å². The first-order valence-corrected chi connectivity index (χ1v) is 5.37. The van der Waals surface area contributed by atoms with Gasteiger partial charge >= 0.3 is 5.97 Å². The Balaban J connectivity index is 2.58. The molecule has 0 saturated carbocycles. The third kappa shape index (κ3) is 3.80. The van der Waals surface area contributed by atoms with E-state index in [0.717, 1.165) is 5.56 Å². The summed E-state index contributed by atoms with van der Waals surface area (Å²) in [6.07, 6.45) is 2.22. The summed E-state index contributed by atoms with van der Waals surface area (Å²) in [4.78, 5) is 15.2. The minimum atomic E-state index is -1.20. The van der Waals surface area contributed by atoms with Crippen LogP contribution in [0.4, 0.5) is 0 Å². The van der Waals surface area contributed by atoms with Crippen LogP contribution in [0.3, 0.4) is 0 Å². The zero-order valence-corrected chi connectivity index (χ0v) is 10.3. The Labute approximate surface area is 101 Å². The summed E-state index contributed by atoms with van der Waals surface area (Å²) in [7, 11) is 1.25. The van der Waals surface area contributed by atoms with Crippen LogP contribution in [0.5, 0.6) is 0 Å². The Hall–Kier alpha value is -1.46. The predicted molar refractivity (Wildman–Crippen MR) is 63.2 cm³/mol. The Morgan fingerprint density at radius 2 is 2.35 bits per heavy atom. The van der Waals surface area contributed by atoms with Crippen molar-refractivity contribution in [1.29, 1.82) is 0 Å². The normalized spacial score (nSPS) is 13.2. The molecule has 5 nitrogen and oxygen atoms in total. The Bertz CT molecular complexity index is 365. The second-order valence-electron chi connectivity index (χ2n) is 4.36. The van der Waals surface area contributed by atoms with Gasteiger partial charge in [-0.15, -0.1) is 0 Å². The van der Waals surface area contributed by atoms with E-state index in [1.807, 2.05) is 12.1 Å². The molecule has 1 aromatic rings. The number of ether oxygens (including phenoxy) is 1. The van der Waals surface area contributed by atoms with Crippen LogP contribution < -0.4 is 5.32 Å². The smallest absolute Gasteiger partial charge is 0.336 e. The lowest BCUT2D eigenvalue weighted by atomic mass is 9.97. The standard InChI is InChI=1S/C12H18N2O3/c1-12(2,10(15)11(16)17-3)14-8-9-5-4-6-13-7-9/h4-7,10,14-15H,8H2,1-3H3. The van der Waals surface area contributed by atoms with E-state index in [1.165, 1.54) is 7.11 Å². The molecular weight excluding hydrogens is 220 g/mol. The molecule has 0 saturated heterocycles. The SMILES string of the molecule is COC(=O)C(O)C(C)(C)NCc1cccnc1. The Morgan fingerprint density at radius 1 is 1.65 bits per heavy atom. The molecule has 0 aliphatic heterocycles. The maximum Gasteiger partial charge on any atom is 0.336 e. The van der Waals surface area contributed by atoms with Crippen molar-refractivity contribution in [2.45, 2.75) is 32.0 Å². The van der Waals surface area contributed by atoms with Gasteiger partial charge in [-0.2, -0.15) is 0 Å². The van der Waals surface area contributed by atoms with Gasteiger partial charge in [0.05, 0.1) is 7.11 Å². The average molecular weight is 238 g/mol. The molecule has 5 heteroatoms. The van der Waals surface area contributed by atoms with Gasteiger partial charge in [0, 0.05) is 24.5 Å². The van der Waals surface area contributed by atoms with Gasteiger partial charge in [0.2, 0.25) is 0 Å². The molecule has 1 aromatic heterocycles. The van der Waals surface area contributed by atoms with Crippen LogP contribution >= 0.6 is 0 Å². The largest absolute Gasteiger partial charge is 0.467 e. The lowest BCUT2D eigenvalue weighted by Gasteiger charge is -2.30. The monoisotopic (exact) mass is 238 g/mol. The minimum Gasteiger partial charge on any atom is -0.467 e. The van der Waals surface area contributed by atoms with E-state index in [0.29, 0.717) is 6.54 Å². The van der Waals surface area contributed by atoms with Crippen molar-refractivity contribution >= 4 is 5.97 Å². The zero-order valence-electron chi connectivity index (χ0n) is 10.3. The number of nitrogens with zero attached hydrogens (tertiary/aromatic N) is 1. The fourth-order valence-corrected chi connectivity index (χ4v) is 1.34. The maximum atomic E-state index is 11.2. The topological polar surface area (TPSA) is 71.5 Å². The number of hydrogen-bond donors (Lipinski definition) is 2. The first-order chi connectivity index (χ1) is 7.97. The van der Waals surface area contributed by atoms with Crippen molar-refractivity contribution < 1.29 is 14.6 Å². The summed E-state index contributed by atoms with van der Waals surface area (Å²) in [5.74, 6) is -0.645. The summed E-state index contributed by atoms with van der Waals surface area (Å²) in [6, 6.07) is 3.75. The summed E-state index contributed by atoms with van der Waals surface area (Å²) in [5.41, 5.74) is 0.223. The molecule has 94 valence electrons. The first-order valence-electron chi connectivity index (χ1n) is 5.37. The van der Waals surface area contributed by atoms with Gasteiger partial charge in [-0.3, -0.25) is 4.98 Å². The highest BCUT2D eigenvalue weighted by Crippen LogP contribution is 2.11. The molecule has 0 aliphatic rings. The summed E-state index contributed by atoms with van der Waals surface area (Å²) in [6.45, 7) is 4.00. The quantitative estimate of drug-likeness (QED) is 0.730. The van der Waals surface area contributed by atoms with E-state index >= 15 is 0 Å². The van der Waals surface area contributed by atoms with E-state index < -0.39 is 17.6 Å². The van der Waals surface area contributed by atoms with E-state index in [2.05, 4.69) is 15.0 Å². The minimum absolute atomic E-state index is 0.523. The van der Waals surface area contributed by atoms with E-state index in [1.54, 1.807) is 26.2 Å². The van der Waals surface area contributed by atoms with Crippen molar-refractivity contribution in [3.05, 3.63) is 30.1 Å². The fourth-order valence-electron chi connectivity index (χ4n) is 1.34. The maximum absolute atomic E-state index is 11.2. The number of esters is 1. The number of rotatable bonds is 5. The molecule has 1 atom stereocenters. The van der Waals surface area contributed by atoms with Crippen LogP contribution in [0.25, 0.3) is 0 Å². The van der Waals surface area contributed by atoms with Gasteiger partial charge in [0.1, 0.15) is 0 Å². The second-order valence-corrected chi connectivity index (χ2v) is 4.36. The number of methoxy groups -OCH3 is 1. The van der Waals surface area contributed by atoms with Crippen LogP contribution in [-0.2, 0) is 16.1 Å². The number of aliphatic hydroxyl groups excluding tert-OH is 1. The number of carbonyl (C=O) groups excluding carboxylic acids is 1. The molecule has 1 rings (SSSR count). The van der Waals surface area contributed by atoms with Crippen LogP contribution in [0.15, 0.2) is 24.5 Å². The summed E-state index contributed by atoms with van der Waals surface area (Å²) < 4.78 is 4.51. The highest BCUT2D eigenvalue weighted by molar-refractivity contribution is 5.75. The van der Waals surface area contributed by atoms with Gasteiger partial charge in [0.15, 0.2) is 6.10 Å². The number of carbonyl (C=O) groups is 1. The van der Waals surface area contributed by atoms with Crippen LogP contribution in [0, 0.1) is 0 Å². The molecule has 2 N–H and O–H groups in total. The van der Waals surface area contributed by atoms with E-state index in [9.17, 15) is 9.90 Å². The third-order valence-electron chi connectivity index (χ3n) is 2.58. The first kappa shape index (κ1) is 13.6. The fraction of sp³-hybridized carbons (Fsp3) is 0.500. The van der Waals surface area contributed by atoms with Crippen molar-refractivity contribution in [1.82, 2.24) is 10.3 Å². The average Bonchev–Trinajstić information content (AvgIpc) is 2.36. The molecule has 1 heterocycles. The molecule has 0 aliphatic carbocycles. The van der Waals surface area contributed by atoms with Crippen molar-refractivity contribution in [2.24, 2.45) is 0 Å². The van der Waals surface area contributed by atoms with Gasteiger partial charge in [0.25, 0.3) is 0 Å². The number of nitrogens with one attached hydrogen (secondary N) is 1. The van der Waals surface area contributed by atoms with Gasteiger partial charge in [-0.25, -0.2) is 4.79 Å². The lowest BCUT2D eigenvalue weighted by molar-refractivity contribution is -0.154. The van der Waals surface area contributed by atoms with Crippen molar-refractivity contribution in [3.63, 3.8) is 0 Å². The lowest BCUT2D eigenvalue weighted by Crippen LogP contribution is -2.53. The second kappa shape index (κ2) is 5.75. The van der Waals surface area contributed by atoms with Crippen LogP contribution in [0.1, 0.15) is 19.4 Å². The molecule has 0 fully saturated rings.